The van der Waals surface area contributed by atoms with Crippen molar-refractivity contribution < 1.29 is 4.79 Å². The lowest BCUT2D eigenvalue weighted by molar-refractivity contribution is -0.124. The highest BCUT2D eigenvalue weighted by Gasteiger charge is 2.39. The van der Waals surface area contributed by atoms with Gasteiger partial charge in [-0.2, -0.15) is 0 Å². The van der Waals surface area contributed by atoms with Crippen molar-refractivity contribution in [1.82, 2.24) is 10.6 Å². The van der Waals surface area contributed by atoms with Crippen LogP contribution in [0, 0.1) is 0 Å². The van der Waals surface area contributed by atoms with Crippen molar-refractivity contribution >= 4 is 34.2 Å². The van der Waals surface area contributed by atoms with Crippen LogP contribution >= 0.6 is 28.3 Å². The van der Waals surface area contributed by atoms with Gasteiger partial charge in [-0.1, -0.05) is 28.1 Å². The van der Waals surface area contributed by atoms with Crippen LogP contribution in [0.3, 0.4) is 0 Å². The maximum Gasteiger partial charge on any atom is 0.220 e. The van der Waals surface area contributed by atoms with E-state index in [4.69, 9.17) is 0 Å². The summed E-state index contributed by atoms with van der Waals surface area (Å²) in [5.74, 6) is 0.165. The van der Waals surface area contributed by atoms with Crippen molar-refractivity contribution in [2.24, 2.45) is 0 Å². The molecule has 0 heterocycles. The van der Waals surface area contributed by atoms with E-state index in [1.807, 2.05) is 19.2 Å². The number of hydrogen-bond acceptors (Lipinski definition) is 2. The minimum absolute atomic E-state index is 0. The summed E-state index contributed by atoms with van der Waals surface area (Å²) >= 11 is 3.45. The van der Waals surface area contributed by atoms with Crippen molar-refractivity contribution in [1.29, 1.82) is 0 Å². The van der Waals surface area contributed by atoms with E-state index in [1.54, 1.807) is 0 Å². The van der Waals surface area contributed by atoms with Gasteiger partial charge in [-0.3, -0.25) is 4.79 Å². The molecule has 1 fully saturated rings. The Labute approximate surface area is 135 Å². The second kappa shape index (κ2) is 8.01. The van der Waals surface area contributed by atoms with Gasteiger partial charge in [-0.25, -0.2) is 0 Å². The smallest absolute Gasteiger partial charge is 0.220 e. The Bertz CT molecular complexity index is 432. The molecule has 0 unspecified atom stereocenters. The van der Waals surface area contributed by atoms with E-state index in [0.717, 1.165) is 30.3 Å². The molecule has 0 atom stereocenters. The second-order valence-electron chi connectivity index (χ2n) is 5.20. The molecule has 3 nitrogen and oxygen atoms in total. The number of rotatable bonds is 6. The van der Waals surface area contributed by atoms with Crippen molar-refractivity contribution in [3.8, 4) is 0 Å². The lowest BCUT2D eigenvalue weighted by atomic mass is 9.71. The molecule has 20 heavy (non-hydrogen) atoms. The first-order chi connectivity index (χ1) is 9.16. The monoisotopic (exact) mass is 360 g/mol. The number of hydrogen-bond donors (Lipinski definition) is 2. The Hall–Kier alpha value is -0.580. The Morgan fingerprint density at radius 3 is 2.45 bits per heavy atom. The molecule has 1 aliphatic rings. The van der Waals surface area contributed by atoms with Gasteiger partial charge >= 0.3 is 0 Å². The molecule has 1 saturated carbocycles. The number of halogens is 2. The fraction of sp³-hybridized carbons (Fsp3) is 0.533. The molecule has 112 valence electrons. The van der Waals surface area contributed by atoms with E-state index in [1.165, 1.54) is 12.0 Å². The van der Waals surface area contributed by atoms with Crippen LogP contribution in [0.4, 0.5) is 0 Å². The zero-order valence-corrected chi connectivity index (χ0v) is 14.1. The van der Waals surface area contributed by atoms with Gasteiger partial charge in [-0.05, 0) is 57.0 Å². The molecular weight excluding hydrogens is 340 g/mol. The molecule has 1 aliphatic carbocycles. The highest BCUT2D eigenvalue weighted by Crippen LogP contribution is 2.41. The van der Waals surface area contributed by atoms with Crippen LogP contribution in [-0.2, 0) is 10.3 Å². The summed E-state index contributed by atoms with van der Waals surface area (Å²) in [6.45, 7) is 0.888. The summed E-state index contributed by atoms with van der Waals surface area (Å²) < 4.78 is 1.08. The summed E-state index contributed by atoms with van der Waals surface area (Å²) in [6.07, 6.45) is 4.77. The standard InChI is InChI=1S/C15H21BrN2O.ClH/c1-17-11-2-4-14(19)18-15(9-3-10-15)12-5-7-13(16)8-6-12;/h5-8,17H,2-4,9-11H2,1H3,(H,18,19);1H. The lowest BCUT2D eigenvalue weighted by Crippen LogP contribution is -2.50. The number of amides is 1. The predicted molar refractivity (Wildman–Crippen MR) is 88.2 cm³/mol. The molecule has 0 spiro atoms. The van der Waals surface area contributed by atoms with Gasteiger partial charge in [0.25, 0.3) is 0 Å². The van der Waals surface area contributed by atoms with Crippen LogP contribution in [0.25, 0.3) is 0 Å². The molecule has 0 aromatic heterocycles. The summed E-state index contributed by atoms with van der Waals surface area (Å²) in [4.78, 5) is 12.0. The number of nitrogens with one attached hydrogen (secondary N) is 2. The van der Waals surface area contributed by atoms with Gasteiger partial charge in [0.05, 0.1) is 5.54 Å². The Morgan fingerprint density at radius 2 is 1.95 bits per heavy atom. The van der Waals surface area contributed by atoms with Gasteiger partial charge < -0.3 is 10.6 Å². The average Bonchev–Trinajstić information content (AvgIpc) is 2.35. The molecule has 1 aromatic rings. The maximum atomic E-state index is 12.0. The van der Waals surface area contributed by atoms with Gasteiger partial charge in [0, 0.05) is 10.9 Å². The Kier molecular flexibility index (Phi) is 7.00. The average molecular weight is 362 g/mol. The van der Waals surface area contributed by atoms with E-state index in [9.17, 15) is 4.79 Å². The summed E-state index contributed by atoms with van der Waals surface area (Å²) in [5.41, 5.74) is 1.11. The third-order valence-corrected chi connectivity index (χ3v) is 4.34. The van der Waals surface area contributed by atoms with Crippen molar-refractivity contribution in [3.05, 3.63) is 34.3 Å². The third-order valence-electron chi connectivity index (χ3n) is 3.81. The van der Waals surface area contributed by atoms with E-state index in [-0.39, 0.29) is 23.9 Å². The summed E-state index contributed by atoms with van der Waals surface area (Å²) in [5, 5.41) is 6.31. The predicted octanol–water partition coefficient (Wildman–Crippen LogP) is 3.37. The third kappa shape index (κ3) is 4.21. The molecule has 2 rings (SSSR count). The number of carbonyl (C=O) groups excluding carboxylic acids is 1. The molecule has 5 heteroatoms. The zero-order chi connectivity index (χ0) is 13.7. The molecule has 2 N–H and O–H groups in total. The fourth-order valence-corrected chi connectivity index (χ4v) is 2.80. The first-order valence-corrected chi connectivity index (χ1v) is 7.67. The molecule has 1 amide bonds. The van der Waals surface area contributed by atoms with E-state index in [0.29, 0.717) is 6.42 Å². The highest BCUT2D eigenvalue weighted by molar-refractivity contribution is 9.10. The van der Waals surface area contributed by atoms with Crippen LogP contribution in [0.15, 0.2) is 28.7 Å². The highest BCUT2D eigenvalue weighted by atomic mass is 79.9. The Morgan fingerprint density at radius 1 is 1.30 bits per heavy atom. The number of carbonyl (C=O) groups is 1. The van der Waals surface area contributed by atoms with Gasteiger partial charge in [0.2, 0.25) is 5.91 Å². The van der Waals surface area contributed by atoms with Crippen molar-refractivity contribution in [2.75, 3.05) is 13.6 Å². The van der Waals surface area contributed by atoms with Crippen LogP contribution in [0.1, 0.15) is 37.7 Å². The maximum absolute atomic E-state index is 12.0. The minimum Gasteiger partial charge on any atom is -0.347 e. The zero-order valence-electron chi connectivity index (χ0n) is 11.7. The molecular formula is C15H22BrClN2O. The van der Waals surface area contributed by atoms with Gasteiger partial charge in [0.1, 0.15) is 0 Å². The normalized spacial score (nSPS) is 15.9. The van der Waals surface area contributed by atoms with Crippen molar-refractivity contribution in [3.63, 3.8) is 0 Å². The topological polar surface area (TPSA) is 41.1 Å². The second-order valence-corrected chi connectivity index (χ2v) is 6.11. The van der Waals surface area contributed by atoms with Gasteiger partial charge in [0.15, 0.2) is 0 Å². The molecule has 0 aliphatic heterocycles. The SMILES string of the molecule is CNCCCC(=O)NC1(c2ccc(Br)cc2)CCC1.Cl. The lowest BCUT2D eigenvalue weighted by Gasteiger charge is -2.43. The first kappa shape index (κ1) is 17.5. The van der Waals surface area contributed by atoms with Gasteiger partial charge in [-0.15, -0.1) is 12.4 Å². The first-order valence-electron chi connectivity index (χ1n) is 6.88. The summed E-state index contributed by atoms with van der Waals surface area (Å²) in [6, 6.07) is 8.30. The minimum atomic E-state index is -0.114. The largest absolute Gasteiger partial charge is 0.347 e. The van der Waals surface area contributed by atoms with Crippen LogP contribution in [0.5, 0.6) is 0 Å². The Balaban J connectivity index is 0.00000200. The summed E-state index contributed by atoms with van der Waals surface area (Å²) in [7, 11) is 1.91. The molecule has 0 radical (unpaired) electrons. The molecule has 0 saturated heterocycles. The van der Waals surface area contributed by atoms with E-state index < -0.39 is 0 Å². The quantitative estimate of drug-likeness (QED) is 0.763. The van der Waals surface area contributed by atoms with E-state index >= 15 is 0 Å². The van der Waals surface area contributed by atoms with Crippen LogP contribution in [0.2, 0.25) is 0 Å². The van der Waals surface area contributed by atoms with Crippen LogP contribution < -0.4 is 10.6 Å². The molecule has 1 aromatic carbocycles. The van der Waals surface area contributed by atoms with Crippen molar-refractivity contribution in [2.45, 2.75) is 37.6 Å². The number of benzene rings is 1. The van der Waals surface area contributed by atoms with E-state index in [2.05, 4.69) is 38.7 Å². The molecule has 0 bridgehead atoms. The fourth-order valence-electron chi connectivity index (χ4n) is 2.54. The van der Waals surface area contributed by atoms with Crippen LogP contribution in [-0.4, -0.2) is 19.5 Å².